The molecule has 1 heterocycles. The number of anilines is 2. The summed E-state index contributed by atoms with van der Waals surface area (Å²) in [4.78, 5) is 13.3. The lowest BCUT2D eigenvalue weighted by Gasteiger charge is -2.34. The van der Waals surface area contributed by atoms with Gasteiger partial charge in [-0.15, -0.1) is 0 Å². The molecule has 3 heteroatoms. The number of hydrogen-bond acceptors (Lipinski definition) is 3. The Labute approximate surface area is 174 Å². The number of aryl methyl sites for hydroxylation is 2. The summed E-state index contributed by atoms with van der Waals surface area (Å²) < 4.78 is 0. The van der Waals surface area contributed by atoms with Crippen LogP contribution in [0, 0.1) is 19.3 Å². The molecule has 0 amide bonds. The SMILES string of the molecule is Cc1cc2c(cc1C)NC(c1ccc(C(C)C)cc1)C1=C(CC(C)(C)CC1=O)N2. The van der Waals surface area contributed by atoms with E-state index in [4.69, 9.17) is 0 Å². The van der Waals surface area contributed by atoms with E-state index in [1.54, 1.807) is 0 Å². The summed E-state index contributed by atoms with van der Waals surface area (Å²) in [6.45, 7) is 13.0. The van der Waals surface area contributed by atoms with Gasteiger partial charge < -0.3 is 10.6 Å². The lowest BCUT2D eigenvalue weighted by molar-refractivity contribution is -0.118. The monoisotopic (exact) mass is 388 g/mol. The van der Waals surface area contributed by atoms with Crippen LogP contribution in [0.3, 0.4) is 0 Å². The van der Waals surface area contributed by atoms with Gasteiger partial charge in [-0.1, -0.05) is 52.0 Å². The highest BCUT2D eigenvalue weighted by atomic mass is 16.1. The molecule has 2 aromatic rings. The summed E-state index contributed by atoms with van der Waals surface area (Å²) >= 11 is 0. The van der Waals surface area contributed by atoms with Crippen molar-refractivity contribution in [2.75, 3.05) is 10.6 Å². The Morgan fingerprint density at radius 3 is 2.21 bits per heavy atom. The van der Waals surface area contributed by atoms with Gasteiger partial charge in [0.1, 0.15) is 0 Å². The van der Waals surface area contributed by atoms with Crippen LogP contribution in [0.15, 0.2) is 47.7 Å². The first-order valence-corrected chi connectivity index (χ1v) is 10.7. The number of nitrogens with one attached hydrogen (secondary N) is 2. The topological polar surface area (TPSA) is 41.1 Å². The molecule has 0 radical (unpaired) electrons. The van der Waals surface area contributed by atoms with Crippen molar-refractivity contribution in [2.45, 2.75) is 66.3 Å². The van der Waals surface area contributed by atoms with E-state index < -0.39 is 0 Å². The van der Waals surface area contributed by atoms with Gasteiger partial charge in [-0.05, 0) is 66.0 Å². The molecule has 2 aliphatic rings. The molecule has 1 aliphatic heterocycles. The van der Waals surface area contributed by atoms with Crippen LogP contribution in [0.1, 0.15) is 74.8 Å². The van der Waals surface area contributed by atoms with Gasteiger partial charge in [0.15, 0.2) is 5.78 Å². The minimum absolute atomic E-state index is 0.0286. The molecule has 0 fully saturated rings. The first-order chi connectivity index (χ1) is 13.6. The van der Waals surface area contributed by atoms with Crippen molar-refractivity contribution in [2.24, 2.45) is 5.41 Å². The Kier molecular flexibility index (Phi) is 4.80. The molecule has 0 bridgehead atoms. The number of rotatable bonds is 2. The van der Waals surface area contributed by atoms with Gasteiger partial charge >= 0.3 is 0 Å². The van der Waals surface area contributed by atoms with Gasteiger partial charge in [-0.2, -0.15) is 0 Å². The van der Waals surface area contributed by atoms with E-state index in [2.05, 4.69) is 88.6 Å². The van der Waals surface area contributed by atoms with Gasteiger partial charge in [0.25, 0.3) is 0 Å². The third-order valence-corrected chi connectivity index (χ3v) is 6.36. The Morgan fingerprint density at radius 1 is 0.966 bits per heavy atom. The number of ketones is 1. The second-order valence-electron chi connectivity index (χ2n) is 9.84. The maximum atomic E-state index is 13.3. The van der Waals surface area contributed by atoms with E-state index in [0.717, 1.165) is 34.6 Å². The predicted molar refractivity (Wildman–Crippen MR) is 121 cm³/mol. The zero-order chi connectivity index (χ0) is 20.9. The number of allylic oxidation sites excluding steroid dienone is 1. The molecule has 152 valence electrons. The standard InChI is InChI=1S/C26H32N2O/c1-15(2)18-7-9-19(10-8-18)25-24-22(13-26(5,6)14-23(24)29)27-20-11-16(3)17(4)12-21(20)28-25/h7-12,15,25,27-28H,13-14H2,1-6H3. The summed E-state index contributed by atoms with van der Waals surface area (Å²) in [5.41, 5.74) is 9.02. The Hall–Kier alpha value is -2.55. The van der Waals surface area contributed by atoms with Crippen LogP contribution in [-0.2, 0) is 4.79 Å². The highest BCUT2D eigenvalue weighted by molar-refractivity contribution is 6.01. The molecular weight excluding hydrogens is 356 g/mol. The van der Waals surface area contributed by atoms with Crippen molar-refractivity contribution < 1.29 is 4.79 Å². The number of carbonyl (C=O) groups is 1. The van der Waals surface area contributed by atoms with Gasteiger partial charge in [0.05, 0.1) is 17.4 Å². The summed E-state index contributed by atoms with van der Waals surface area (Å²) in [5, 5.41) is 7.35. The molecule has 0 spiro atoms. The van der Waals surface area contributed by atoms with Gasteiger partial charge in [0.2, 0.25) is 0 Å². The van der Waals surface area contributed by atoms with Crippen LogP contribution in [0.25, 0.3) is 0 Å². The smallest absolute Gasteiger partial charge is 0.163 e. The van der Waals surface area contributed by atoms with E-state index in [9.17, 15) is 4.79 Å². The molecule has 1 aliphatic carbocycles. The van der Waals surface area contributed by atoms with Gasteiger partial charge in [-0.25, -0.2) is 0 Å². The van der Waals surface area contributed by atoms with E-state index >= 15 is 0 Å². The molecule has 0 saturated heterocycles. The number of fused-ring (bicyclic) bond motifs is 1. The normalized spacial score (nSPS) is 20.5. The first-order valence-electron chi connectivity index (χ1n) is 10.7. The lowest BCUT2D eigenvalue weighted by Crippen LogP contribution is -2.31. The third kappa shape index (κ3) is 3.71. The van der Waals surface area contributed by atoms with Crippen molar-refractivity contribution in [3.05, 3.63) is 69.9 Å². The Morgan fingerprint density at radius 2 is 1.59 bits per heavy atom. The first kappa shape index (κ1) is 19.8. The van der Waals surface area contributed by atoms with E-state index in [1.165, 1.54) is 16.7 Å². The van der Waals surface area contributed by atoms with Gasteiger partial charge in [0, 0.05) is 17.7 Å². The number of benzene rings is 2. The van der Waals surface area contributed by atoms with Crippen LogP contribution in [0.2, 0.25) is 0 Å². The van der Waals surface area contributed by atoms with Crippen molar-refractivity contribution >= 4 is 17.2 Å². The molecule has 1 atom stereocenters. The van der Waals surface area contributed by atoms with Crippen molar-refractivity contribution in [1.29, 1.82) is 0 Å². The minimum atomic E-state index is -0.134. The zero-order valence-corrected chi connectivity index (χ0v) is 18.4. The fourth-order valence-corrected chi connectivity index (χ4v) is 4.53. The average molecular weight is 389 g/mol. The van der Waals surface area contributed by atoms with Crippen LogP contribution >= 0.6 is 0 Å². The van der Waals surface area contributed by atoms with Crippen LogP contribution in [0.5, 0.6) is 0 Å². The minimum Gasteiger partial charge on any atom is -0.372 e. The quantitative estimate of drug-likeness (QED) is 0.605. The Balaban J connectivity index is 1.86. The summed E-state index contributed by atoms with van der Waals surface area (Å²) in [6, 6.07) is 13.0. The molecule has 2 N–H and O–H groups in total. The third-order valence-electron chi connectivity index (χ3n) is 6.36. The van der Waals surface area contributed by atoms with E-state index in [0.29, 0.717) is 12.3 Å². The average Bonchev–Trinajstić information content (AvgIpc) is 2.78. The number of carbonyl (C=O) groups excluding carboxylic acids is 1. The van der Waals surface area contributed by atoms with Crippen molar-refractivity contribution in [3.63, 3.8) is 0 Å². The summed E-state index contributed by atoms with van der Waals surface area (Å²) in [5.74, 6) is 0.737. The molecule has 29 heavy (non-hydrogen) atoms. The van der Waals surface area contributed by atoms with E-state index in [-0.39, 0.29) is 17.2 Å². The fourth-order valence-electron chi connectivity index (χ4n) is 4.53. The number of hydrogen-bond donors (Lipinski definition) is 2. The Bertz CT molecular complexity index is 996. The number of Topliss-reactive ketones (excluding diaryl/α,β-unsaturated/α-hetero) is 1. The second-order valence-corrected chi connectivity index (χ2v) is 9.84. The molecule has 1 unspecified atom stereocenters. The maximum Gasteiger partial charge on any atom is 0.163 e. The van der Waals surface area contributed by atoms with E-state index in [1.807, 2.05) is 0 Å². The molecule has 0 saturated carbocycles. The van der Waals surface area contributed by atoms with Crippen molar-refractivity contribution in [1.82, 2.24) is 0 Å². The lowest BCUT2D eigenvalue weighted by atomic mass is 9.73. The van der Waals surface area contributed by atoms with Crippen LogP contribution < -0.4 is 10.6 Å². The highest BCUT2D eigenvalue weighted by Crippen LogP contribution is 2.46. The summed E-state index contributed by atoms with van der Waals surface area (Å²) in [6.07, 6.45) is 1.47. The second kappa shape index (κ2) is 7.05. The largest absolute Gasteiger partial charge is 0.372 e. The zero-order valence-electron chi connectivity index (χ0n) is 18.4. The van der Waals surface area contributed by atoms with Gasteiger partial charge in [-0.3, -0.25) is 4.79 Å². The molecule has 3 nitrogen and oxygen atoms in total. The molecule has 4 rings (SSSR count). The fraction of sp³-hybridized carbons (Fsp3) is 0.423. The predicted octanol–water partition coefficient (Wildman–Crippen LogP) is 6.65. The maximum absolute atomic E-state index is 13.3. The molecule has 0 aromatic heterocycles. The van der Waals surface area contributed by atoms with Crippen molar-refractivity contribution in [3.8, 4) is 0 Å². The molecule has 2 aromatic carbocycles. The highest BCUT2D eigenvalue weighted by Gasteiger charge is 2.38. The van der Waals surface area contributed by atoms with Crippen LogP contribution in [0.4, 0.5) is 11.4 Å². The summed E-state index contributed by atoms with van der Waals surface area (Å²) in [7, 11) is 0. The van der Waals surface area contributed by atoms with Crippen LogP contribution in [-0.4, -0.2) is 5.78 Å². The molecular formula is C26H32N2O.